The highest BCUT2D eigenvalue weighted by Crippen LogP contribution is 2.11. The summed E-state index contributed by atoms with van der Waals surface area (Å²) in [7, 11) is 0. The highest BCUT2D eigenvalue weighted by Gasteiger charge is 2.20. The predicted molar refractivity (Wildman–Crippen MR) is 105 cm³/mol. The van der Waals surface area contributed by atoms with Crippen molar-refractivity contribution in [1.29, 1.82) is 0 Å². The van der Waals surface area contributed by atoms with Crippen molar-refractivity contribution in [3.63, 3.8) is 0 Å². The molecule has 2 aromatic rings. The second-order valence-electron chi connectivity index (χ2n) is 6.05. The number of benzene rings is 2. The predicted octanol–water partition coefficient (Wildman–Crippen LogP) is 0.858. The Morgan fingerprint density at radius 2 is 1.37 bits per heavy atom. The fourth-order valence-electron chi connectivity index (χ4n) is 2.39. The Kier molecular flexibility index (Phi) is 7.58. The molecule has 0 aromatic heterocycles. The Morgan fingerprint density at radius 1 is 0.800 bits per heavy atom. The zero-order chi connectivity index (χ0) is 22.1. The van der Waals surface area contributed by atoms with Crippen LogP contribution in [0.25, 0.3) is 0 Å². The van der Waals surface area contributed by atoms with Gasteiger partial charge in [0.15, 0.2) is 5.78 Å². The number of aliphatic carboxylic acids is 2. The van der Waals surface area contributed by atoms with Crippen LogP contribution in [-0.4, -0.2) is 52.3 Å². The van der Waals surface area contributed by atoms with Crippen LogP contribution in [0.2, 0.25) is 0 Å². The summed E-state index contributed by atoms with van der Waals surface area (Å²) < 4.78 is 0. The monoisotopic (exact) mass is 410 g/mol. The van der Waals surface area contributed by atoms with Crippen LogP contribution in [-0.2, 0) is 14.4 Å². The van der Waals surface area contributed by atoms with Crippen molar-refractivity contribution in [2.24, 2.45) is 0 Å². The summed E-state index contributed by atoms with van der Waals surface area (Å²) in [6.45, 7) is -0.425. The number of carbonyl (C=O) groups is 5. The maximum Gasteiger partial charge on any atom is 0.328 e. The fraction of sp³-hybridized carbons (Fsp3) is 0.0952. The first kappa shape index (κ1) is 22.0. The SMILES string of the molecule is O=C(O)/C=C/C(=O)N[C@@H](CNC(=O)c1ccc(C(=O)c2ccccc2)cc1)C(=O)O. The Hall–Kier alpha value is -4.27. The average Bonchev–Trinajstić information content (AvgIpc) is 2.75. The van der Waals surface area contributed by atoms with Gasteiger partial charge in [0, 0.05) is 35.4 Å². The van der Waals surface area contributed by atoms with Crippen molar-refractivity contribution in [1.82, 2.24) is 10.6 Å². The lowest BCUT2D eigenvalue weighted by atomic mass is 10.0. The number of rotatable bonds is 9. The lowest BCUT2D eigenvalue weighted by Crippen LogP contribution is -2.48. The van der Waals surface area contributed by atoms with Gasteiger partial charge in [-0.25, -0.2) is 9.59 Å². The van der Waals surface area contributed by atoms with Gasteiger partial charge in [0.2, 0.25) is 5.91 Å². The molecule has 2 rings (SSSR count). The van der Waals surface area contributed by atoms with E-state index in [0.717, 1.165) is 0 Å². The van der Waals surface area contributed by atoms with Gasteiger partial charge in [-0.15, -0.1) is 0 Å². The van der Waals surface area contributed by atoms with Crippen molar-refractivity contribution in [3.05, 3.63) is 83.4 Å². The van der Waals surface area contributed by atoms with Gasteiger partial charge in [0.05, 0.1) is 0 Å². The summed E-state index contributed by atoms with van der Waals surface area (Å²) >= 11 is 0. The Morgan fingerprint density at radius 3 is 1.93 bits per heavy atom. The molecule has 0 aliphatic carbocycles. The van der Waals surface area contributed by atoms with Crippen LogP contribution in [0.5, 0.6) is 0 Å². The zero-order valence-electron chi connectivity index (χ0n) is 15.6. The first-order valence-electron chi connectivity index (χ1n) is 8.70. The van der Waals surface area contributed by atoms with Crippen LogP contribution in [0.3, 0.4) is 0 Å². The van der Waals surface area contributed by atoms with E-state index in [2.05, 4.69) is 10.6 Å². The van der Waals surface area contributed by atoms with Gasteiger partial charge in [-0.1, -0.05) is 42.5 Å². The molecular formula is C21H18N2O7. The molecule has 154 valence electrons. The van der Waals surface area contributed by atoms with Crippen LogP contribution < -0.4 is 10.6 Å². The molecule has 0 spiro atoms. The smallest absolute Gasteiger partial charge is 0.328 e. The molecule has 4 N–H and O–H groups in total. The normalized spacial score (nSPS) is 11.5. The third kappa shape index (κ3) is 6.41. The number of carboxylic acids is 2. The van der Waals surface area contributed by atoms with Gasteiger partial charge in [-0.3, -0.25) is 14.4 Å². The van der Waals surface area contributed by atoms with E-state index in [4.69, 9.17) is 10.2 Å². The third-order valence-corrected chi connectivity index (χ3v) is 3.90. The van der Waals surface area contributed by atoms with E-state index in [-0.39, 0.29) is 11.3 Å². The number of nitrogens with one attached hydrogen (secondary N) is 2. The van der Waals surface area contributed by atoms with Gasteiger partial charge >= 0.3 is 11.9 Å². The zero-order valence-corrected chi connectivity index (χ0v) is 15.6. The highest BCUT2D eigenvalue weighted by atomic mass is 16.4. The minimum Gasteiger partial charge on any atom is -0.480 e. The molecule has 0 bridgehead atoms. The van der Waals surface area contributed by atoms with E-state index in [9.17, 15) is 24.0 Å². The highest BCUT2D eigenvalue weighted by molar-refractivity contribution is 6.09. The van der Waals surface area contributed by atoms with Crippen molar-refractivity contribution in [2.45, 2.75) is 6.04 Å². The van der Waals surface area contributed by atoms with Crippen LogP contribution in [0.4, 0.5) is 0 Å². The largest absolute Gasteiger partial charge is 0.480 e. The van der Waals surface area contributed by atoms with Crippen molar-refractivity contribution in [3.8, 4) is 0 Å². The van der Waals surface area contributed by atoms with E-state index in [1.54, 1.807) is 30.3 Å². The number of carboxylic acid groups (broad SMARTS) is 2. The molecule has 0 aliphatic heterocycles. The van der Waals surface area contributed by atoms with E-state index < -0.39 is 36.3 Å². The summed E-state index contributed by atoms with van der Waals surface area (Å²) in [5, 5.41) is 22.1. The average molecular weight is 410 g/mol. The van der Waals surface area contributed by atoms with E-state index >= 15 is 0 Å². The Labute approximate surface area is 171 Å². The topological polar surface area (TPSA) is 150 Å². The number of hydrogen-bond donors (Lipinski definition) is 4. The summed E-state index contributed by atoms with van der Waals surface area (Å²) in [6.07, 6.45) is 1.23. The van der Waals surface area contributed by atoms with Crippen LogP contribution in [0.15, 0.2) is 66.7 Å². The second kappa shape index (κ2) is 10.3. The molecule has 2 amide bonds. The molecule has 9 nitrogen and oxygen atoms in total. The van der Waals surface area contributed by atoms with Gasteiger partial charge in [-0.2, -0.15) is 0 Å². The molecular weight excluding hydrogens is 392 g/mol. The van der Waals surface area contributed by atoms with E-state index in [1.165, 1.54) is 24.3 Å². The number of carbonyl (C=O) groups excluding carboxylic acids is 3. The molecule has 0 radical (unpaired) electrons. The van der Waals surface area contributed by atoms with E-state index in [1.807, 2.05) is 0 Å². The Bertz CT molecular complexity index is 982. The summed E-state index contributed by atoms with van der Waals surface area (Å²) in [4.78, 5) is 57.7. The number of amides is 2. The third-order valence-electron chi connectivity index (χ3n) is 3.90. The maximum absolute atomic E-state index is 12.4. The summed E-state index contributed by atoms with van der Waals surface area (Å²) in [6, 6.07) is 13.0. The quantitative estimate of drug-likeness (QED) is 0.354. The molecule has 0 saturated carbocycles. The molecule has 0 aliphatic rings. The van der Waals surface area contributed by atoms with Gasteiger partial charge < -0.3 is 20.8 Å². The van der Waals surface area contributed by atoms with Gasteiger partial charge in [0.1, 0.15) is 6.04 Å². The molecule has 0 fully saturated rings. The lowest BCUT2D eigenvalue weighted by Gasteiger charge is -2.14. The molecule has 9 heteroatoms. The van der Waals surface area contributed by atoms with Crippen molar-refractivity contribution < 1.29 is 34.2 Å². The first-order chi connectivity index (χ1) is 14.3. The van der Waals surface area contributed by atoms with Crippen molar-refractivity contribution >= 4 is 29.5 Å². The molecule has 0 heterocycles. The van der Waals surface area contributed by atoms with Crippen molar-refractivity contribution in [2.75, 3.05) is 6.54 Å². The maximum atomic E-state index is 12.4. The van der Waals surface area contributed by atoms with E-state index in [0.29, 0.717) is 23.3 Å². The molecule has 0 unspecified atom stereocenters. The van der Waals surface area contributed by atoms with Crippen LogP contribution in [0, 0.1) is 0 Å². The molecule has 0 saturated heterocycles. The Balaban J connectivity index is 1.97. The van der Waals surface area contributed by atoms with Gasteiger partial charge in [0.25, 0.3) is 5.91 Å². The minimum atomic E-state index is -1.46. The lowest BCUT2D eigenvalue weighted by molar-refractivity contribution is -0.141. The van der Waals surface area contributed by atoms with Gasteiger partial charge in [-0.05, 0) is 12.1 Å². The number of ketones is 1. The first-order valence-corrected chi connectivity index (χ1v) is 8.70. The summed E-state index contributed by atoms with van der Waals surface area (Å²) in [5.74, 6) is -4.50. The molecule has 2 aromatic carbocycles. The number of hydrogen-bond acceptors (Lipinski definition) is 5. The molecule has 1 atom stereocenters. The second-order valence-corrected chi connectivity index (χ2v) is 6.05. The molecule has 30 heavy (non-hydrogen) atoms. The standard InChI is InChI=1S/C21H18N2O7/c24-17(10-11-18(25)26)23-16(21(29)30)12-22-20(28)15-8-6-14(7-9-15)19(27)13-4-2-1-3-5-13/h1-11,16H,12H2,(H,22,28)(H,23,24)(H,25,26)(H,29,30)/b11-10+/t16-/m0/s1. The summed E-state index contributed by atoms with van der Waals surface area (Å²) in [5.41, 5.74) is 1.09. The fourth-order valence-corrected chi connectivity index (χ4v) is 2.39. The minimum absolute atomic E-state index is 0.195. The van der Waals surface area contributed by atoms with Crippen LogP contribution >= 0.6 is 0 Å². The van der Waals surface area contributed by atoms with Crippen LogP contribution in [0.1, 0.15) is 26.3 Å².